The molecule has 1 unspecified atom stereocenters. The van der Waals surface area contributed by atoms with Crippen LogP contribution in [0.2, 0.25) is 0 Å². The van der Waals surface area contributed by atoms with Gasteiger partial charge in [-0.15, -0.1) is 0 Å². The summed E-state index contributed by atoms with van der Waals surface area (Å²) < 4.78 is 10.1. The molecule has 5 heteroatoms. The van der Waals surface area contributed by atoms with Gasteiger partial charge in [0.25, 0.3) is 0 Å². The number of aliphatic hydroxyl groups is 1. The van der Waals surface area contributed by atoms with Crippen molar-refractivity contribution in [3.63, 3.8) is 0 Å². The SMILES string of the molecule is COc1cnc(C(O)C2CCC2)c(OC)n1. The highest BCUT2D eigenvalue weighted by atomic mass is 16.5. The lowest BCUT2D eigenvalue weighted by Gasteiger charge is -2.30. The van der Waals surface area contributed by atoms with Gasteiger partial charge in [-0.1, -0.05) is 6.42 Å². The molecule has 0 spiro atoms. The zero-order valence-corrected chi connectivity index (χ0v) is 9.51. The molecule has 5 nitrogen and oxygen atoms in total. The monoisotopic (exact) mass is 224 g/mol. The van der Waals surface area contributed by atoms with Crippen LogP contribution < -0.4 is 9.47 Å². The van der Waals surface area contributed by atoms with Crippen LogP contribution in [0.25, 0.3) is 0 Å². The molecule has 1 fully saturated rings. The minimum atomic E-state index is -0.581. The van der Waals surface area contributed by atoms with Gasteiger partial charge in [-0.3, -0.25) is 0 Å². The summed E-state index contributed by atoms with van der Waals surface area (Å²) in [7, 11) is 3.03. The van der Waals surface area contributed by atoms with E-state index in [9.17, 15) is 5.11 Å². The first kappa shape index (κ1) is 11.1. The Balaban J connectivity index is 2.24. The maximum atomic E-state index is 10.1. The van der Waals surface area contributed by atoms with E-state index in [2.05, 4.69) is 9.97 Å². The molecule has 1 saturated carbocycles. The number of aromatic nitrogens is 2. The second-order valence-electron chi connectivity index (χ2n) is 3.94. The minimum absolute atomic E-state index is 0.289. The molecule has 1 atom stereocenters. The van der Waals surface area contributed by atoms with E-state index in [1.165, 1.54) is 26.8 Å². The Morgan fingerprint density at radius 2 is 2.12 bits per heavy atom. The second kappa shape index (κ2) is 4.65. The Labute approximate surface area is 94.4 Å². The van der Waals surface area contributed by atoms with Gasteiger partial charge < -0.3 is 14.6 Å². The smallest absolute Gasteiger partial charge is 0.241 e. The number of rotatable bonds is 4. The first-order valence-electron chi connectivity index (χ1n) is 5.39. The molecule has 0 saturated heterocycles. The van der Waals surface area contributed by atoms with Gasteiger partial charge in [-0.2, -0.15) is 4.98 Å². The number of nitrogens with zero attached hydrogens (tertiary/aromatic N) is 2. The molecule has 0 bridgehead atoms. The molecule has 0 amide bonds. The highest BCUT2D eigenvalue weighted by Crippen LogP contribution is 2.39. The molecule has 1 aromatic heterocycles. The van der Waals surface area contributed by atoms with Crippen LogP contribution in [0.1, 0.15) is 31.1 Å². The summed E-state index contributed by atoms with van der Waals surface area (Å²) in [6, 6.07) is 0. The standard InChI is InChI=1S/C11H16N2O3/c1-15-8-6-12-9(11(13-8)16-2)10(14)7-4-3-5-7/h6-7,10,14H,3-5H2,1-2H3. The van der Waals surface area contributed by atoms with Crippen LogP contribution in [0.4, 0.5) is 0 Å². The van der Waals surface area contributed by atoms with Crippen LogP contribution in [0.15, 0.2) is 6.20 Å². The average molecular weight is 224 g/mol. The first-order chi connectivity index (χ1) is 7.76. The molecule has 2 rings (SSSR count). The summed E-state index contributed by atoms with van der Waals surface area (Å²) >= 11 is 0. The van der Waals surface area contributed by atoms with Crippen LogP contribution in [-0.2, 0) is 0 Å². The zero-order valence-electron chi connectivity index (χ0n) is 9.51. The number of methoxy groups -OCH3 is 2. The van der Waals surface area contributed by atoms with Crippen LogP contribution >= 0.6 is 0 Å². The molecular formula is C11H16N2O3. The molecule has 1 heterocycles. The summed E-state index contributed by atoms with van der Waals surface area (Å²) in [5.74, 6) is 1.02. The predicted octanol–water partition coefficient (Wildman–Crippen LogP) is 1.33. The molecule has 88 valence electrons. The Hall–Kier alpha value is -1.36. The van der Waals surface area contributed by atoms with E-state index in [0.717, 1.165) is 12.8 Å². The average Bonchev–Trinajstić information content (AvgIpc) is 2.25. The highest BCUT2D eigenvalue weighted by Gasteiger charge is 2.30. The second-order valence-corrected chi connectivity index (χ2v) is 3.94. The topological polar surface area (TPSA) is 64.5 Å². The van der Waals surface area contributed by atoms with E-state index in [4.69, 9.17) is 9.47 Å². The van der Waals surface area contributed by atoms with Gasteiger partial charge in [0.15, 0.2) is 0 Å². The molecule has 16 heavy (non-hydrogen) atoms. The largest absolute Gasteiger partial charge is 0.480 e. The fourth-order valence-corrected chi connectivity index (χ4v) is 1.80. The number of hydrogen-bond acceptors (Lipinski definition) is 5. The fourth-order valence-electron chi connectivity index (χ4n) is 1.80. The third-order valence-corrected chi connectivity index (χ3v) is 3.02. The Morgan fingerprint density at radius 3 is 2.62 bits per heavy atom. The number of ether oxygens (including phenoxy) is 2. The van der Waals surface area contributed by atoms with Crippen molar-refractivity contribution >= 4 is 0 Å². The van der Waals surface area contributed by atoms with Crippen molar-refractivity contribution in [2.75, 3.05) is 14.2 Å². The summed E-state index contributed by atoms with van der Waals surface area (Å²) in [4.78, 5) is 8.27. The minimum Gasteiger partial charge on any atom is -0.480 e. The lowest BCUT2D eigenvalue weighted by atomic mass is 9.80. The lowest BCUT2D eigenvalue weighted by Crippen LogP contribution is -2.21. The third-order valence-electron chi connectivity index (χ3n) is 3.02. The zero-order chi connectivity index (χ0) is 11.5. The van der Waals surface area contributed by atoms with Crippen molar-refractivity contribution in [2.24, 2.45) is 5.92 Å². The summed E-state index contributed by atoms with van der Waals surface area (Å²) in [5.41, 5.74) is 0.507. The lowest BCUT2D eigenvalue weighted by molar-refractivity contribution is 0.0557. The van der Waals surface area contributed by atoms with Crippen LogP contribution in [0.5, 0.6) is 11.8 Å². The van der Waals surface area contributed by atoms with E-state index < -0.39 is 6.10 Å². The summed E-state index contributed by atoms with van der Waals surface area (Å²) in [6.07, 6.45) is 4.17. The van der Waals surface area contributed by atoms with Gasteiger partial charge in [0, 0.05) is 0 Å². The summed E-state index contributed by atoms with van der Waals surface area (Å²) in [6.45, 7) is 0. The first-order valence-corrected chi connectivity index (χ1v) is 5.39. The highest BCUT2D eigenvalue weighted by molar-refractivity contribution is 5.25. The van der Waals surface area contributed by atoms with Gasteiger partial charge in [-0.05, 0) is 18.8 Å². The maximum Gasteiger partial charge on any atom is 0.241 e. The molecule has 0 aromatic carbocycles. The van der Waals surface area contributed by atoms with Crippen molar-refractivity contribution in [1.82, 2.24) is 9.97 Å². The normalized spacial score (nSPS) is 17.7. The Morgan fingerprint density at radius 1 is 1.38 bits per heavy atom. The molecular weight excluding hydrogens is 208 g/mol. The van der Waals surface area contributed by atoms with Crippen molar-refractivity contribution < 1.29 is 14.6 Å². The van der Waals surface area contributed by atoms with Crippen molar-refractivity contribution in [1.29, 1.82) is 0 Å². The summed E-state index contributed by atoms with van der Waals surface area (Å²) in [5, 5.41) is 10.1. The van der Waals surface area contributed by atoms with Gasteiger partial charge in [0.2, 0.25) is 11.8 Å². The number of hydrogen-bond donors (Lipinski definition) is 1. The molecule has 1 aromatic rings. The van der Waals surface area contributed by atoms with Crippen molar-refractivity contribution in [2.45, 2.75) is 25.4 Å². The predicted molar refractivity (Wildman–Crippen MR) is 57.4 cm³/mol. The Bertz CT molecular complexity index is 366. The van der Waals surface area contributed by atoms with Crippen LogP contribution in [0, 0.1) is 5.92 Å². The van der Waals surface area contributed by atoms with E-state index >= 15 is 0 Å². The van der Waals surface area contributed by atoms with Crippen molar-refractivity contribution in [3.05, 3.63) is 11.9 Å². The molecule has 0 aliphatic heterocycles. The molecule has 1 aliphatic rings. The fraction of sp³-hybridized carbons (Fsp3) is 0.636. The van der Waals surface area contributed by atoms with Gasteiger partial charge in [0.1, 0.15) is 11.8 Å². The number of aliphatic hydroxyl groups excluding tert-OH is 1. The molecule has 1 N–H and O–H groups in total. The molecule has 0 radical (unpaired) electrons. The van der Waals surface area contributed by atoms with Crippen molar-refractivity contribution in [3.8, 4) is 11.8 Å². The maximum absolute atomic E-state index is 10.1. The van der Waals surface area contributed by atoms with Crippen LogP contribution in [0.3, 0.4) is 0 Å². The van der Waals surface area contributed by atoms with E-state index in [1.54, 1.807) is 0 Å². The molecule has 1 aliphatic carbocycles. The third kappa shape index (κ3) is 1.95. The quantitative estimate of drug-likeness (QED) is 0.835. The van der Waals surface area contributed by atoms with E-state index in [1.807, 2.05) is 0 Å². The van der Waals surface area contributed by atoms with E-state index in [0.29, 0.717) is 17.5 Å². The van der Waals surface area contributed by atoms with E-state index in [-0.39, 0.29) is 5.92 Å². The van der Waals surface area contributed by atoms with Gasteiger partial charge >= 0.3 is 0 Å². The Kier molecular flexibility index (Phi) is 3.24. The van der Waals surface area contributed by atoms with Gasteiger partial charge in [-0.25, -0.2) is 4.98 Å². The van der Waals surface area contributed by atoms with Crippen LogP contribution in [-0.4, -0.2) is 29.3 Å². The van der Waals surface area contributed by atoms with Gasteiger partial charge in [0.05, 0.1) is 20.4 Å².